The standard InChI is InChI=1S/C15H14BrNOS/c1-10-6-7-11-4-2-3-5-12(11)17(10)15(18)13-8-9-14(16)19-13/h2-5,8-10H,6-7H2,1H3. The van der Waals surface area contributed by atoms with Gasteiger partial charge in [-0.15, -0.1) is 11.3 Å². The predicted octanol–water partition coefficient (Wildman–Crippen LogP) is 4.49. The zero-order valence-electron chi connectivity index (χ0n) is 10.6. The van der Waals surface area contributed by atoms with Crippen molar-refractivity contribution in [3.05, 3.63) is 50.6 Å². The van der Waals surface area contributed by atoms with Crippen molar-refractivity contribution in [2.45, 2.75) is 25.8 Å². The van der Waals surface area contributed by atoms with Gasteiger partial charge in [0.05, 0.1) is 8.66 Å². The number of rotatable bonds is 1. The normalized spacial score (nSPS) is 18.2. The van der Waals surface area contributed by atoms with Crippen LogP contribution in [-0.4, -0.2) is 11.9 Å². The zero-order chi connectivity index (χ0) is 13.4. The highest BCUT2D eigenvalue weighted by molar-refractivity contribution is 9.11. The van der Waals surface area contributed by atoms with Crippen molar-refractivity contribution in [1.29, 1.82) is 0 Å². The molecule has 2 heterocycles. The molecule has 0 N–H and O–H groups in total. The second kappa shape index (κ2) is 5.10. The summed E-state index contributed by atoms with van der Waals surface area (Å²) in [6.07, 6.45) is 2.07. The van der Waals surface area contributed by atoms with Crippen molar-refractivity contribution in [3.8, 4) is 0 Å². The lowest BCUT2D eigenvalue weighted by Crippen LogP contribution is -2.41. The Kier molecular flexibility index (Phi) is 3.46. The molecule has 19 heavy (non-hydrogen) atoms. The van der Waals surface area contributed by atoms with E-state index in [9.17, 15) is 4.79 Å². The zero-order valence-corrected chi connectivity index (χ0v) is 13.0. The van der Waals surface area contributed by atoms with Gasteiger partial charge in [-0.05, 0) is 59.5 Å². The van der Waals surface area contributed by atoms with E-state index in [4.69, 9.17) is 0 Å². The number of anilines is 1. The minimum absolute atomic E-state index is 0.107. The molecule has 0 radical (unpaired) electrons. The second-order valence-electron chi connectivity index (χ2n) is 4.80. The molecule has 1 aromatic carbocycles. The average Bonchev–Trinajstić information content (AvgIpc) is 2.85. The number of amides is 1. The van der Waals surface area contributed by atoms with Crippen molar-refractivity contribution in [2.24, 2.45) is 0 Å². The maximum absolute atomic E-state index is 12.7. The van der Waals surface area contributed by atoms with Gasteiger partial charge >= 0.3 is 0 Å². The molecule has 0 bridgehead atoms. The summed E-state index contributed by atoms with van der Waals surface area (Å²) in [7, 11) is 0. The molecule has 2 aromatic rings. The topological polar surface area (TPSA) is 20.3 Å². The molecule has 1 aliphatic heterocycles. The van der Waals surface area contributed by atoms with Crippen LogP contribution in [0.3, 0.4) is 0 Å². The highest BCUT2D eigenvalue weighted by atomic mass is 79.9. The summed E-state index contributed by atoms with van der Waals surface area (Å²) in [6.45, 7) is 2.12. The Balaban J connectivity index is 2.02. The number of hydrogen-bond acceptors (Lipinski definition) is 2. The maximum atomic E-state index is 12.7. The van der Waals surface area contributed by atoms with E-state index in [2.05, 4.69) is 28.9 Å². The lowest BCUT2D eigenvalue weighted by Gasteiger charge is -2.35. The summed E-state index contributed by atoms with van der Waals surface area (Å²) < 4.78 is 0.994. The Hall–Kier alpha value is -1.13. The van der Waals surface area contributed by atoms with Crippen LogP contribution in [0.1, 0.15) is 28.6 Å². The molecule has 2 nitrogen and oxygen atoms in total. The number of nitrogens with zero attached hydrogens (tertiary/aromatic N) is 1. The fourth-order valence-corrected chi connectivity index (χ4v) is 3.87. The molecule has 4 heteroatoms. The summed E-state index contributed by atoms with van der Waals surface area (Å²) in [5.74, 6) is 0.107. The van der Waals surface area contributed by atoms with Gasteiger partial charge in [0, 0.05) is 11.7 Å². The highest BCUT2D eigenvalue weighted by Gasteiger charge is 2.29. The van der Waals surface area contributed by atoms with E-state index in [1.807, 2.05) is 35.2 Å². The first-order chi connectivity index (χ1) is 9.16. The van der Waals surface area contributed by atoms with Crippen molar-refractivity contribution in [3.63, 3.8) is 0 Å². The van der Waals surface area contributed by atoms with Crippen LogP contribution in [0, 0.1) is 0 Å². The molecule has 0 spiro atoms. The third kappa shape index (κ3) is 2.35. The summed E-state index contributed by atoms with van der Waals surface area (Å²) in [4.78, 5) is 15.4. The van der Waals surface area contributed by atoms with E-state index in [1.54, 1.807) is 0 Å². The summed E-state index contributed by atoms with van der Waals surface area (Å²) >= 11 is 4.91. The van der Waals surface area contributed by atoms with Crippen LogP contribution in [0.2, 0.25) is 0 Å². The highest BCUT2D eigenvalue weighted by Crippen LogP contribution is 2.33. The van der Waals surface area contributed by atoms with Gasteiger partial charge in [-0.3, -0.25) is 4.79 Å². The monoisotopic (exact) mass is 335 g/mol. The third-order valence-corrected chi connectivity index (χ3v) is 5.14. The van der Waals surface area contributed by atoms with Crippen LogP contribution in [0.4, 0.5) is 5.69 Å². The molecule has 1 amide bonds. The Morgan fingerprint density at radius 1 is 1.32 bits per heavy atom. The minimum Gasteiger partial charge on any atom is -0.305 e. The Bertz CT molecular complexity index is 622. The molecule has 1 unspecified atom stereocenters. The lowest BCUT2D eigenvalue weighted by molar-refractivity contribution is 0.0979. The summed E-state index contributed by atoms with van der Waals surface area (Å²) in [6, 6.07) is 12.3. The first-order valence-corrected chi connectivity index (χ1v) is 7.94. The van der Waals surface area contributed by atoms with E-state index < -0.39 is 0 Å². The number of para-hydroxylation sites is 1. The van der Waals surface area contributed by atoms with Gasteiger partial charge < -0.3 is 4.90 Å². The Morgan fingerprint density at radius 3 is 2.84 bits per heavy atom. The molecule has 3 rings (SSSR count). The van der Waals surface area contributed by atoms with Crippen LogP contribution < -0.4 is 4.90 Å². The number of benzene rings is 1. The van der Waals surface area contributed by atoms with Crippen molar-refractivity contribution >= 4 is 38.9 Å². The fourth-order valence-electron chi connectivity index (χ4n) is 2.55. The van der Waals surface area contributed by atoms with Crippen LogP contribution in [0.15, 0.2) is 40.2 Å². The summed E-state index contributed by atoms with van der Waals surface area (Å²) in [5.41, 5.74) is 2.33. The molecule has 0 saturated carbocycles. The molecule has 0 fully saturated rings. The fraction of sp³-hybridized carbons (Fsp3) is 0.267. The number of carbonyl (C=O) groups is 1. The number of hydrogen-bond donors (Lipinski definition) is 0. The molecule has 1 aromatic heterocycles. The van der Waals surface area contributed by atoms with Gasteiger partial charge in [-0.2, -0.15) is 0 Å². The quantitative estimate of drug-likeness (QED) is 0.751. The number of halogens is 1. The molecule has 98 valence electrons. The number of aryl methyl sites for hydroxylation is 1. The molecular weight excluding hydrogens is 322 g/mol. The van der Waals surface area contributed by atoms with Gasteiger partial charge in [-0.1, -0.05) is 18.2 Å². The van der Waals surface area contributed by atoms with Crippen LogP contribution in [0.25, 0.3) is 0 Å². The van der Waals surface area contributed by atoms with Crippen molar-refractivity contribution < 1.29 is 4.79 Å². The van der Waals surface area contributed by atoms with E-state index in [1.165, 1.54) is 16.9 Å². The SMILES string of the molecule is CC1CCc2ccccc2N1C(=O)c1ccc(Br)s1. The van der Waals surface area contributed by atoms with Crippen LogP contribution in [-0.2, 0) is 6.42 Å². The van der Waals surface area contributed by atoms with E-state index in [-0.39, 0.29) is 11.9 Å². The Morgan fingerprint density at radius 2 is 2.11 bits per heavy atom. The lowest BCUT2D eigenvalue weighted by atomic mass is 9.96. The van der Waals surface area contributed by atoms with E-state index in [0.717, 1.165) is 27.2 Å². The third-order valence-electron chi connectivity index (χ3n) is 3.53. The van der Waals surface area contributed by atoms with Gasteiger partial charge in [-0.25, -0.2) is 0 Å². The summed E-state index contributed by atoms with van der Waals surface area (Å²) in [5, 5.41) is 0. The van der Waals surface area contributed by atoms with Gasteiger partial charge in [0.15, 0.2) is 0 Å². The van der Waals surface area contributed by atoms with Crippen LogP contribution >= 0.6 is 27.3 Å². The van der Waals surface area contributed by atoms with Crippen LogP contribution in [0.5, 0.6) is 0 Å². The number of fused-ring (bicyclic) bond motifs is 1. The van der Waals surface area contributed by atoms with E-state index >= 15 is 0 Å². The van der Waals surface area contributed by atoms with Crippen molar-refractivity contribution in [1.82, 2.24) is 0 Å². The molecule has 1 atom stereocenters. The number of carbonyl (C=O) groups excluding carboxylic acids is 1. The van der Waals surface area contributed by atoms with E-state index in [0.29, 0.717) is 0 Å². The molecule has 1 aliphatic rings. The second-order valence-corrected chi connectivity index (χ2v) is 7.26. The minimum atomic E-state index is 0.107. The molecule has 0 aliphatic carbocycles. The van der Waals surface area contributed by atoms with Gasteiger partial charge in [0.2, 0.25) is 0 Å². The largest absolute Gasteiger partial charge is 0.305 e. The maximum Gasteiger partial charge on any atom is 0.268 e. The molecular formula is C15H14BrNOS. The smallest absolute Gasteiger partial charge is 0.268 e. The van der Waals surface area contributed by atoms with Gasteiger partial charge in [0.25, 0.3) is 5.91 Å². The van der Waals surface area contributed by atoms with Crippen molar-refractivity contribution in [2.75, 3.05) is 4.90 Å². The predicted molar refractivity (Wildman–Crippen MR) is 83.1 cm³/mol. The number of thiophene rings is 1. The first kappa shape index (κ1) is 12.9. The average molecular weight is 336 g/mol. The first-order valence-electron chi connectivity index (χ1n) is 6.33. The van der Waals surface area contributed by atoms with Gasteiger partial charge in [0.1, 0.15) is 0 Å². The molecule has 0 saturated heterocycles. The Labute approximate surface area is 125 Å².